The highest BCUT2D eigenvalue weighted by Crippen LogP contribution is 2.39. The average Bonchev–Trinajstić information content (AvgIpc) is 3.11. The Balaban J connectivity index is 1.63. The van der Waals surface area contributed by atoms with Gasteiger partial charge in [-0.15, -0.1) is 11.3 Å². The molecule has 0 bridgehead atoms. The van der Waals surface area contributed by atoms with E-state index < -0.39 is 0 Å². The summed E-state index contributed by atoms with van der Waals surface area (Å²) >= 11 is 1.80. The van der Waals surface area contributed by atoms with Crippen molar-refractivity contribution in [2.45, 2.75) is 58.0 Å². The van der Waals surface area contributed by atoms with Gasteiger partial charge in [0.1, 0.15) is 17.0 Å². The second kappa shape index (κ2) is 5.16. The highest BCUT2D eigenvalue weighted by molar-refractivity contribution is 7.19. The molecule has 0 aromatic carbocycles. The zero-order valence-electron chi connectivity index (χ0n) is 13.8. The summed E-state index contributed by atoms with van der Waals surface area (Å²) in [5, 5.41) is 4.71. The Kier molecular flexibility index (Phi) is 3.34. The number of anilines is 1. The maximum atomic E-state index is 12.3. The molecule has 3 heterocycles. The first-order valence-corrected chi connectivity index (χ1v) is 9.07. The third kappa shape index (κ3) is 2.49. The molecule has 1 N–H and O–H groups in total. The molecule has 6 heteroatoms. The fraction of sp³-hybridized carbons (Fsp3) is 0.588. The van der Waals surface area contributed by atoms with Gasteiger partial charge in [-0.3, -0.25) is 4.79 Å². The van der Waals surface area contributed by atoms with Crippen molar-refractivity contribution >= 4 is 33.3 Å². The summed E-state index contributed by atoms with van der Waals surface area (Å²) in [5.74, 6) is 1.12. The lowest BCUT2D eigenvalue weighted by Crippen LogP contribution is -2.43. The van der Waals surface area contributed by atoms with Crippen molar-refractivity contribution in [1.82, 2.24) is 14.9 Å². The van der Waals surface area contributed by atoms with Gasteiger partial charge < -0.3 is 10.2 Å². The largest absolute Gasteiger partial charge is 0.364 e. The summed E-state index contributed by atoms with van der Waals surface area (Å²) in [5.41, 5.74) is 1.29. The number of thiophene rings is 1. The standard InChI is InChI=1S/C17H22N4OS/c1-17(2,3)21-8-10(7-13(21)22)20-15-14-11-5-4-6-12(11)23-16(14)19-9-18-15/h9-10H,4-8H2,1-3H3,(H,18,19,20). The van der Waals surface area contributed by atoms with E-state index >= 15 is 0 Å². The number of hydrogen-bond donors (Lipinski definition) is 1. The van der Waals surface area contributed by atoms with Gasteiger partial charge >= 0.3 is 0 Å². The van der Waals surface area contributed by atoms with Crippen LogP contribution in [0.15, 0.2) is 6.33 Å². The predicted molar refractivity (Wildman–Crippen MR) is 92.9 cm³/mol. The molecule has 5 nitrogen and oxygen atoms in total. The average molecular weight is 330 g/mol. The van der Waals surface area contributed by atoms with Gasteiger partial charge in [-0.1, -0.05) is 0 Å². The van der Waals surface area contributed by atoms with Crippen LogP contribution in [0.5, 0.6) is 0 Å². The van der Waals surface area contributed by atoms with Crippen LogP contribution in [-0.4, -0.2) is 38.9 Å². The Morgan fingerprint density at radius 3 is 2.87 bits per heavy atom. The van der Waals surface area contributed by atoms with Gasteiger partial charge in [-0.25, -0.2) is 9.97 Å². The molecule has 122 valence electrons. The van der Waals surface area contributed by atoms with Gasteiger partial charge in [-0.05, 0) is 45.6 Å². The minimum absolute atomic E-state index is 0.122. The Hall–Kier alpha value is -1.69. The summed E-state index contributed by atoms with van der Waals surface area (Å²) in [6.07, 6.45) is 5.68. The van der Waals surface area contributed by atoms with Crippen LogP contribution in [0, 0.1) is 0 Å². The van der Waals surface area contributed by atoms with E-state index in [0.717, 1.165) is 30.0 Å². The molecule has 0 spiro atoms. The van der Waals surface area contributed by atoms with Crippen LogP contribution in [-0.2, 0) is 17.6 Å². The van der Waals surface area contributed by atoms with Crippen LogP contribution in [0.3, 0.4) is 0 Å². The van der Waals surface area contributed by atoms with Crippen molar-refractivity contribution in [2.75, 3.05) is 11.9 Å². The molecule has 1 saturated heterocycles. The second-order valence-corrected chi connectivity index (χ2v) is 8.56. The smallest absolute Gasteiger partial charge is 0.225 e. The molecule has 1 aliphatic carbocycles. The summed E-state index contributed by atoms with van der Waals surface area (Å²) in [4.78, 5) is 25.7. The van der Waals surface area contributed by atoms with Crippen molar-refractivity contribution in [3.8, 4) is 0 Å². The number of rotatable bonds is 2. The first-order chi connectivity index (χ1) is 10.9. The summed E-state index contributed by atoms with van der Waals surface area (Å²) in [7, 11) is 0. The Labute approximate surface area is 140 Å². The highest BCUT2D eigenvalue weighted by Gasteiger charge is 2.36. The van der Waals surface area contributed by atoms with Crippen molar-refractivity contribution in [3.05, 3.63) is 16.8 Å². The van der Waals surface area contributed by atoms with Crippen LogP contribution in [0.25, 0.3) is 10.2 Å². The number of carbonyl (C=O) groups is 1. The first-order valence-electron chi connectivity index (χ1n) is 8.26. The fourth-order valence-electron chi connectivity index (χ4n) is 3.68. The first kappa shape index (κ1) is 14.9. The van der Waals surface area contributed by atoms with Gasteiger partial charge in [-0.2, -0.15) is 0 Å². The lowest BCUT2D eigenvalue weighted by molar-refractivity contribution is -0.131. The quantitative estimate of drug-likeness (QED) is 0.920. The number of amides is 1. The molecule has 1 unspecified atom stereocenters. The molecular formula is C17H22N4OS. The Morgan fingerprint density at radius 1 is 1.30 bits per heavy atom. The Bertz CT molecular complexity index is 777. The van der Waals surface area contributed by atoms with Crippen LogP contribution in [0.2, 0.25) is 0 Å². The summed E-state index contributed by atoms with van der Waals surface area (Å²) < 4.78 is 0. The molecule has 1 fully saturated rings. The van der Waals surface area contributed by atoms with Crippen LogP contribution >= 0.6 is 11.3 Å². The van der Waals surface area contributed by atoms with E-state index in [1.54, 1.807) is 17.7 Å². The molecule has 1 atom stereocenters. The molecule has 0 saturated carbocycles. The van der Waals surface area contributed by atoms with Crippen LogP contribution in [0.4, 0.5) is 5.82 Å². The Morgan fingerprint density at radius 2 is 2.13 bits per heavy atom. The normalized spacial score (nSPS) is 21.3. The molecule has 2 aliphatic rings. The third-order valence-corrected chi connectivity index (χ3v) is 5.98. The number of nitrogens with zero attached hydrogens (tertiary/aromatic N) is 3. The predicted octanol–water partition coefficient (Wildman–Crippen LogP) is 2.99. The minimum atomic E-state index is -0.127. The number of aryl methyl sites for hydroxylation is 2. The number of fused-ring (bicyclic) bond motifs is 3. The number of nitrogens with one attached hydrogen (secondary N) is 1. The molecule has 1 aliphatic heterocycles. The number of aromatic nitrogens is 2. The van der Waals surface area contributed by atoms with E-state index in [0.29, 0.717) is 6.42 Å². The van der Waals surface area contributed by atoms with Crippen LogP contribution in [0.1, 0.15) is 44.1 Å². The van der Waals surface area contributed by atoms with E-state index in [1.807, 2.05) is 4.90 Å². The molecule has 4 rings (SSSR count). The van der Waals surface area contributed by atoms with E-state index in [-0.39, 0.29) is 17.5 Å². The monoisotopic (exact) mass is 330 g/mol. The highest BCUT2D eigenvalue weighted by atomic mass is 32.1. The van der Waals surface area contributed by atoms with Gasteiger partial charge in [0.05, 0.1) is 11.4 Å². The van der Waals surface area contributed by atoms with Gasteiger partial charge in [0.15, 0.2) is 0 Å². The minimum Gasteiger partial charge on any atom is -0.364 e. The fourth-order valence-corrected chi connectivity index (χ4v) is 4.91. The molecule has 2 aromatic heterocycles. The molecule has 1 amide bonds. The molecule has 23 heavy (non-hydrogen) atoms. The van der Waals surface area contributed by atoms with Gasteiger partial charge in [0.2, 0.25) is 5.91 Å². The van der Waals surface area contributed by atoms with E-state index in [9.17, 15) is 4.79 Å². The van der Waals surface area contributed by atoms with Gasteiger partial charge in [0, 0.05) is 23.4 Å². The maximum absolute atomic E-state index is 12.3. The number of hydrogen-bond acceptors (Lipinski definition) is 5. The zero-order valence-corrected chi connectivity index (χ0v) is 14.7. The second-order valence-electron chi connectivity index (χ2n) is 7.48. The number of carbonyl (C=O) groups excluding carboxylic acids is 1. The van der Waals surface area contributed by atoms with Crippen LogP contribution < -0.4 is 5.32 Å². The number of likely N-dealkylation sites (tertiary alicyclic amines) is 1. The van der Waals surface area contributed by atoms with Crippen molar-refractivity contribution in [1.29, 1.82) is 0 Å². The maximum Gasteiger partial charge on any atom is 0.225 e. The molecule has 0 radical (unpaired) electrons. The lowest BCUT2D eigenvalue weighted by atomic mass is 10.1. The van der Waals surface area contributed by atoms with Crippen molar-refractivity contribution < 1.29 is 4.79 Å². The molecular weight excluding hydrogens is 308 g/mol. The summed E-state index contributed by atoms with van der Waals surface area (Å²) in [6.45, 7) is 6.99. The third-order valence-electron chi connectivity index (χ3n) is 4.78. The lowest BCUT2D eigenvalue weighted by Gasteiger charge is -2.32. The molecule has 2 aromatic rings. The zero-order chi connectivity index (χ0) is 16.2. The summed E-state index contributed by atoms with van der Waals surface area (Å²) in [6, 6.07) is 0.122. The van der Waals surface area contributed by atoms with E-state index in [2.05, 4.69) is 36.1 Å². The van der Waals surface area contributed by atoms with Gasteiger partial charge in [0.25, 0.3) is 0 Å². The SMILES string of the molecule is CC(C)(C)N1CC(Nc2ncnc3sc4c(c23)CCC4)CC1=O. The van der Waals surface area contributed by atoms with E-state index in [1.165, 1.54) is 22.2 Å². The van der Waals surface area contributed by atoms with Crippen molar-refractivity contribution in [3.63, 3.8) is 0 Å². The van der Waals surface area contributed by atoms with E-state index in [4.69, 9.17) is 0 Å². The topological polar surface area (TPSA) is 58.1 Å². The van der Waals surface area contributed by atoms with Crippen molar-refractivity contribution in [2.24, 2.45) is 0 Å².